The first-order chi connectivity index (χ1) is 12.0. The molecule has 7 heteroatoms. The summed E-state index contributed by atoms with van der Waals surface area (Å²) in [4.78, 5) is 28.0. The molecule has 2 amide bonds. The van der Waals surface area contributed by atoms with Crippen molar-refractivity contribution in [2.75, 3.05) is 18.1 Å². The highest BCUT2D eigenvalue weighted by molar-refractivity contribution is 6.36. The van der Waals surface area contributed by atoms with Crippen molar-refractivity contribution in [3.05, 3.63) is 63.9 Å². The molecule has 0 bridgehead atoms. The van der Waals surface area contributed by atoms with Crippen LogP contribution in [0.25, 0.3) is 0 Å². The first-order valence-corrected chi connectivity index (χ1v) is 8.51. The van der Waals surface area contributed by atoms with Crippen molar-refractivity contribution < 1.29 is 14.0 Å². The molecule has 0 atom stereocenters. The van der Waals surface area contributed by atoms with Gasteiger partial charge in [0.2, 0.25) is 5.91 Å². The van der Waals surface area contributed by atoms with Gasteiger partial charge in [-0.15, -0.1) is 0 Å². The number of anilines is 1. The molecule has 2 aromatic rings. The van der Waals surface area contributed by atoms with E-state index in [1.54, 1.807) is 17.0 Å². The maximum atomic E-state index is 13.3. The summed E-state index contributed by atoms with van der Waals surface area (Å²) in [6, 6.07) is 10.1. The average Bonchev–Trinajstić information content (AvgIpc) is 3.00. The summed E-state index contributed by atoms with van der Waals surface area (Å²) in [7, 11) is 0. The van der Waals surface area contributed by atoms with E-state index in [1.807, 2.05) is 0 Å². The molecule has 3 rings (SSSR count). The van der Waals surface area contributed by atoms with Crippen molar-refractivity contribution in [3.63, 3.8) is 0 Å². The lowest BCUT2D eigenvalue weighted by molar-refractivity contribution is -0.127. The third kappa shape index (κ3) is 3.94. The predicted molar refractivity (Wildman–Crippen MR) is 95.5 cm³/mol. The zero-order valence-electron chi connectivity index (χ0n) is 13.2. The number of nitrogens with zero attached hydrogens (tertiary/aromatic N) is 2. The molecule has 0 aromatic heterocycles. The third-order valence-corrected chi connectivity index (χ3v) is 4.59. The quantitative estimate of drug-likeness (QED) is 0.790. The van der Waals surface area contributed by atoms with Crippen LogP contribution in [0.1, 0.15) is 23.2 Å². The van der Waals surface area contributed by atoms with Crippen molar-refractivity contribution in [3.8, 4) is 0 Å². The summed E-state index contributed by atoms with van der Waals surface area (Å²) in [5.74, 6) is -0.829. The van der Waals surface area contributed by atoms with Crippen LogP contribution in [-0.2, 0) is 4.79 Å². The highest BCUT2D eigenvalue weighted by Gasteiger charge is 2.27. The fourth-order valence-electron chi connectivity index (χ4n) is 2.72. The van der Waals surface area contributed by atoms with Gasteiger partial charge in [-0.1, -0.05) is 23.2 Å². The van der Waals surface area contributed by atoms with Crippen molar-refractivity contribution in [2.24, 2.45) is 0 Å². The van der Waals surface area contributed by atoms with Crippen LogP contribution >= 0.6 is 23.2 Å². The van der Waals surface area contributed by atoms with Gasteiger partial charge in [0.1, 0.15) is 12.5 Å². The van der Waals surface area contributed by atoms with Gasteiger partial charge >= 0.3 is 0 Å². The molecule has 1 fully saturated rings. The molecule has 1 saturated heterocycles. The van der Waals surface area contributed by atoms with Crippen molar-refractivity contribution in [1.29, 1.82) is 0 Å². The average molecular weight is 381 g/mol. The van der Waals surface area contributed by atoms with Crippen LogP contribution in [0.4, 0.5) is 10.1 Å². The molecule has 0 aliphatic carbocycles. The number of hydrogen-bond acceptors (Lipinski definition) is 2. The van der Waals surface area contributed by atoms with Gasteiger partial charge in [-0.3, -0.25) is 14.5 Å². The summed E-state index contributed by atoms with van der Waals surface area (Å²) >= 11 is 12.1. The van der Waals surface area contributed by atoms with Crippen LogP contribution in [0.5, 0.6) is 0 Å². The number of rotatable bonds is 4. The lowest BCUT2D eigenvalue weighted by Crippen LogP contribution is -2.42. The first kappa shape index (κ1) is 17.7. The van der Waals surface area contributed by atoms with E-state index >= 15 is 0 Å². The van der Waals surface area contributed by atoms with Gasteiger partial charge in [-0.2, -0.15) is 0 Å². The lowest BCUT2D eigenvalue weighted by atomic mass is 10.2. The Morgan fingerprint density at radius 2 is 1.88 bits per heavy atom. The fraction of sp³-hybridized carbons (Fsp3) is 0.222. The molecule has 0 unspecified atom stereocenters. The van der Waals surface area contributed by atoms with E-state index in [-0.39, 0.29) is 23.2 Å². The number of halogens is 3. The predicted octanol–water partition coefficient (Wildman–Crippen LogP) is 4.36. The molecule has 1 aliphatic rings. The van der Waals surface area contributed by atoms with Crippen molar-refractivity contribution >= 4 is 40.7 Å². The Bertz CT molecular complexity index is 811. The summed E-state index contributed by atoms with van der Waals surface area (Å²) < 4.78 is 13.3. The SMILES string of the molecule is O=C1CCCN1CN(C(=O)c1cc(Cl)ccc1Cl)c1ccc(F)cc1. The Morgan fingerprint density at radius 3 is 2.52 bits per heavy atom. The molecule has 25 heavy (non-hydrogen) atoms. The standard InChI is InChI=1S/C18H15Cl2FN2O2/c19-12-3-8-16(20)15(10-12)18(25)23(11-22-9-1-2-17(22)24)14-6-4-13(21)5-7-14/h3-8,10H,1-2,9,11H2. The van der Waals surface area contributed by atoms with Crippen LogP contribution in [0.2, 0.25) is 10.0 Å². The lowest BCUT2D eigenvalue weighted by Gasteiger charge is -2.28. The molecule has 0 spiro atoms. The van der Waals surface area contributed by atoms with E-state index in [9.17, 15) is 14.0 Å². The second kappa shape index (κ2) is 7.42. The van der Waals surface area contributed by atoms with Gasteiger partial charge in [0.05, 0.1) is 10.6 Å². The zero-order chi connectivity index (χ0) is 18.0. The zero-order valence-corrected chi connectivity index (χ0v) is 14.7. The third-order valence-electron chi connectivity index (χ3n) is 4.03. The van der Waals surface area contributed by atoms with Crippen molar-refractivity contribution in [1.82, 2.24) is 4.90 Å². The monoisotopic (exact) mass is 380 g/mol. The van der Waals surface area contributed by atoms with Gasteiger partial charge < -0.3 is 4.90 Å². The molecule has 130 valence electrons. The molecular weight excluding hydrogens is 366 g/mol. The largest absolute Gasteiger partial charge is 0.324 e. The smallest absolute Gasteiger partial charge is 0.261 e. The summed E-state index contributed by atoms with van der Waals surface area (Å²) in [5.41, 5.74) is 0.701. The van der Waals surface area contributed by atoms with Gasteiger partial charge in [-0.25, -0.2) is 4.39 Å². The highest BCUT2D eigenvalue weighted by Crippen LogP contribution is 2.26. The number of carbonyl (C=O) groups excluding carboxylic acids is 2. The van der Waals surface area contributed by atoms with Crippen LogP contribution < -0.4 is 4.90 Å². The number of carbonyl (C=O) groups is 2. The number of hydrogen-bond donors (Lipinski definition) is 0. The van der Waals surface area contributed by atoms with Crippen molar-refractivity contribution in [2.45, 2.75) is 12.8 Å². The van der Waals surface area contributed by atoms with E-state index in [0.29, 0.717) is 23.7 Å². The minimum absolute atomic E-state index is 0.0166. The maximum Gasteiger partial charge on any atom is 0.261 e. The van der Waals surface area contributed by atoms with Gasteiger partial charge in [0.15, 0.2) is 0 Å². The second-order valence-corrected chi connectivity index (χ2v) is 6.58. The molecular formula is C18H15Cl2FN2O2. The Balaban J connectivity index is 1.97. The van der Waals surface area contributed by atoms with Crippen LogP contribution in [0.3, 0.4) is 0 Å². The van der Waals surface area contributed by atoms with E-state index in [4.69, 9.17) is 23.2 Å². The Morgan fingerprint density at radius 1 is 1.16 bits per heavy atom. The maximum absolute atomic E-state index is 13.3. The molecule has 0 radical (unpaired) electrons. The molecule has 1 heterocycles. The number of benzene rings is 2. The van der Waals surface area contributed by atoms with Gasteiger partial charge in [-0.05, 0) is 48.9 Å². The topological polar surface area (TPSA) is 40.6 Å². The molecule has 2 aromatic carbocycles. The summed E-state index contributed by atoms with van der Waals surface area (Å²) in [6.07, 6.45) is 1.21. The second-order valence-electron chi connectivity index (χ2n) is 5.74. The van der Waals surface area contributed by atoms with Crippen LogP contribution in [-0.4, -0.2) is 29.9 Å². The summed E-state index contributed by atoms with van der Waals surface area (Å²) in [6.45, 7) is 0.652. The molecule has 4 nitrogen and oxygen atoms in total. The minimum atomic E-state index is -0.408. The van der Waals surface area contributed by atoms with Crippen LogP contribution in [0.15, 0.2) is 42.5 Å². The normalized spacial score (nSPS) is 14.0. The van der Waals surface area contributed by atoms with E-state index < -0.39 is 11.7 Å². The molecule has 0 saturated carbocycles. The van der Waals surface area contributed by atoms with E-state index in [0.717, 1.165) is 6.42 Å². The Kier molecular flexibility index (Phi) is 5.25. The van der Waals surface area contributed by atoms with Gasteiger partial charge in [0.25, 0.3) is 5.91 Å². The summed E-state index contributed by atoms with van der Waals surface area (Å²) in [5, 5.41) is 0.637. The Hall–Kier alpha value is -2.11. The van der Waals surface area contributed by atoms with Gasteiger partial charge in [0, 0.05) is 23.7 Å². The van der Waals surface area contributed by atoms with E-state index in [1.165, 1.54) is 35.2 Å². The molecule has 1 aliphatic heterocycles. The van der Waals surface area contributed by atoms with E-state index in [2.05, 4.69) is 0 Å². The highest BCUT2D eigenvalue weighted by atomic mass is 35.5. The Labute approximate surface area is 154 Å². The minimum Gasteiger partial charge on any atom is -0.324 e. The fourth-order valence-corrected chi connectivity index (χ4v) is 3.09. The molecule has 0 N–H and O–H groups in total. The van der Waals surface area contributed by atoms with Crippen LogP contribution in [0, 0.1) is 5.82 Å². The number of amides is 2. The first-order valence-electron chi connectivity index (χ1n) is 7.76. The number of likely N-dealkylation sites (tertiary alicyclic amines) is 1.